The molecular formula is C14H20N4O. The third kappa shape index (κ3) is 3.32. The molecular weight excluding hydrogens is 240 g/mol. The SMILES string of the molecule is CCCn1nncc1C(N)Cc1ccc(OC)cc1. The molecule has 0 aliphatic heterocycles. The number of aromatic nitrogens is 3. The summed E-state index contributed by atoms with van der Waals surface area (Å²) in [5.74, 6) is 0.856. The molecule has 0 fully saturated rings. The van der Waals surface area contributed by atoms with Gasteiger partial charge in [-0.1, -0.05) is 24.3 Å². The van der Waals surface area contributed by atoms with Gasteiger partial charge in [0.05, 0.1) is 25.0 Å². The molecule has 1 atom stereocenters. The lowest BCUT2D eigenvalue weighted by Crippen LogP contribution is -2.18. The van der Waals surface area contributed by atoms with Gasteiger partial charge in [-0.15, -0.1) is 5.10 Å². The van der Waals surface area contributed by atoms with E-state index in [9.17, 15) is 0 Å². The minimum atomic E-state index is -0.0880. The highest BCUT2D eigenvalue weighted by Gasteiger charge is 2.13. The van der Waals surface area contributed by atoms with E-state index in [1.54, 1.807) is 13.3 Å². The zero-order chi connectivity index (χ0) is 13.7. The molecule has 0 radical (unpaired) electrons. The second kappa shape index (κ2) is 6.33. The van der Waals surface area contributed by atoms with Gasteiger partial charge in [0.1, 0.15) is 5.75 Å². The van der Waals surface area contributed by atoms with Gasteiger partial charge in [-0.2, -0.15) is 0 Å². The Kier molecular flexibility index (Phi) is 4.52. The van der Waals surface area contributed by atoms with Crippen molar-refractivity contribution in [3.8, 4) is 5.75 Å². The van der Waals surface area contributed by atoms with Gasteiger partial charge in [0, 0.05) is 6.54 Å². The zero-order valence-corrected chi connectivity index (χ0v) is 11.4. The van der Waals surface area contributed by atoms with E-state index in [1.807, 2.05) is 28.9 Å². The summed E-state index contributed by atoms with van der Waals surface area (Å²) in [6.07, 6.45) is 3.54. The Balaban J connectivity index is 2.06. The van der Waals surface area contributed by atoms with Gasteiger partial charge in [-0.25, -0.2) is 4.68 Å². The maximum Gasteiger partial charge on any atom is 0.118 e. The molecule has 0 saturated heterocycles. The van der Waals surface area contributed by atoms with E-state index in [0.29, 0.717) is 0 Å². The van der Waals surface area contributed by atoms with Crippen molar-refractivity contribution in [3.05, 3.63) is 41.7 Å². The Hall–Kier alpha value is -1.88. The molecule has 0 aliphatic rings. The van der Waals surface area contributed by atoms with Gasteiger partial charge < -0.3 is 10.5 Å². The van der Waals surface area contributed by atoms with E-state index in [4.69, 9.17) is 10.5 Å². The van der Waals surface area contributed by atoms with E-state index in [0.717, 1.165) is 30.8 Å². The molecule has 0 bridgehead atoms. The lowest BCUT2D eigenvalue weighted by Gasteiger charge is -2.13. The number of ether oxygens (including phenoxy) is 1. The molecule has 1 heterocycles. The number of hydrogen-bond donors (Lipinski definition) is 1. The van der Waals surface area contributed by atoms with Crippen LogP contribution in [0.5, 0.6) is 5.75 Å². The Morgan fingerprint density at radius 2 is 2.05 bits per heavy atom. The fraction of sp³-hybridized carbons (Fsp3) is 0.429. The lowest BCUT2D eigenvalue weighted by molar-refractivity contribution is 0.414. The number of nitrogens with zero attached hydrogens (tertiary/aromatic N) is 3. The Morgan fingerprint density at radius 3 is 2.68 bits per heavy atom. The van der Waals surface area contributed by atoms with Crippen LogP contribution >= 0.6 is 0 Å². The van der Waals surface area contributed by atoms with Crippen molar-refractivity contribution in [2.24, 2.45) is 5.73 Å². The van der Waals surface area contributed by atoms with Crippen molar-refractivity contribution >= 4 is 0 Å². The molecule has 1 aromatic heterocycles. The van der Waals surface area contributed by atoms with E-state index in [-0.39, 0.29) is 6.04 Å². The molecule has 0 amide bonds. The molecule has 2 N–H and O–H groups in total. The molecule has 1 unspecified atom stereocenters. The van der Waals surface area contributed by atoms with Gasteiger partial charge >= 0.3 is 0 Å². The second-order valence-electron chi connectivity index (χ2n) is 4.54. The van der Waals surface area contributed by atoms with Gasteiger partial charge in [-0.3, -0.25) is 0 Å². The van der Waals surface area contributed by atoms with Crippen LogP contribution in [0.3, 0.4) is 0 Å². The van der Waals surface area contributed by atoms with Crippen LogP contribution in [-0.2, 0) is 13.0 Å². The quantitative estimate of drug-likeness (QED) is 0.862. The van der Waals surface area contributed by atoms with Crippen LogP contribution in [0.2, 0.25) is 0 Å². The molecule has 5 heteroatoms. The third-order valence-electron chi connectivity index (χ3n) is 3.08. The summed E-state index contributed by atoms with van der Waals surface area (Å²) in [5, 5.41) is 8.01. The van der Waals surface area contributed by atoms with Crippen LogP contribution < -0.4 is 10.5 Å². The molecule has 2 aromatic rings. The molecule has 5 nitrogen and oxygen atoms in total. The lowest BCUT2D eigenvalue weighted by atomic mass is 10.0. The first-order valence-corrected chi connectivity index (χ1v) is 6.51. The van der Waals surface area contributed by atoms with Crippen LogP contribution in [-0.4, -0.2) is 22.1 Å². The average Bonchev–Trinajstić information content (AvgIpc) is 2.88. The fourth-order valence-corrected chi connectivity index (χ4v) is 2.06. The van der Waals surface area contributed by atoms with Crippen LogP contribution in [0.4, 0.5) is 0 Å². The molecule has 102 valence electrons. The smallest absolute Gasteiger partial charge is 0.118 e. The predicted molar refractivity (Wildman–Crippen MR) is 73.9 cm³/mol. The van der Waals surface area contributed by atoms with Crippen LogP contribution in [0.15, 0.2) is 30.5 Å². The van der Waals surface area contributed by atoms with Crippen molar-refractivity contribution in [2.75, 3.05) is 7.11 Å². The Bertz CT molecular complexity index is 506. The first-order chi connectivity index (χ1) is 9.24. The summed E-state index contributed by atoms with van der Waals surface area (Å²) in [6.45, 7) is 2.96. The molecule has 1 aromatic carbocycles. The van der Waals surface area contributed by atoms with E-state index in [2.05, 4.69) is 17.2 Å². The summed E-state index contributed by atoms with van der Waals surface area (Å²) in [7, 11) is 1.66. The topological polar surface area (TPSA) is 66.0 Å². The normalized spacial score (nSPS) is 12.4. The number of rotatable bonds is 6. The van der Waals surface area contributed by atoms with Crippen molar-refractivity contribution in [3.63, 3.8) is 0 Å². The minimum absolute atomic E-state index is 0.0880. The largest absolute Gasteiger partial charge is 0.497 e. The van der Waals surface area contributed by atoms with Crippen molar-refractivity contribution < 1.29 is 4.74 Å². The van der Waals surface area contributed by atoms with Gasteiger partial charge in [-0.05, 0) is 30.5 Å². The van der Waals surface area contributed by atoms with Gasteiger partial charge in [0.15, 0.2) is 0 Å². The van der Waals surface area contributed by atoms with Crippen molar-refractivity contribution in [1.82, 2.24) is 15.0 Å². The summed E-state index contributed by atoms with van der Waals surface area (Å²) in [4.78, 5) is 0. The van der Waals surface area contributed by atoms with E-state index >= 15 is 0 Å². The Morgan fingerprint density at radius 1 is 1.32 bits per heavy atom. The Labute approximate surface area is 113 Å². The number of aryl methyl sites for hydroxylation is 1. The number of nitrogens with two attached hydrogens (primary N) is 1. The second-order valence-corrected chi connectivity index (χ2v) is 4.54. The molecule has 2 rings (SSSR count). The van der Waals surface area contributed by atoms with Crippen molar-refractivity contribution in [1.29, 1.82) is 0 Å². The minimum Gasteiger partial charge on any atom is -0.497 e. The number of benzene rings is 1. The molecule has 0 aliphatic carbocycles. The van der Waals surface area contributed by atoms with E-state index in [1.165, 1.54) is 5.56 Å². The molecule has 0 saturated carbocycles. The zero-order valence-electron chi connectivity index (χ0n) is 11.4. The summed E-state index contributed by atoms with van der Waals surface area (Å²) < 4.78 is 7.03. The third-order valence-corrected chi connectivity index (χ3v) is 3.08. The highest BCUT2D eigenvalue weighted by molar-refractivity contribution is 5.28. The fourth-order valence-electron chi connectivity index (χ4n) is 2.06. The van der Waals surface area contributed by atoms with Crippen LogP contribution in [0.1, 0.15) is 30.6 Å². The first kappa shape index (κ1) is 13.5. The number of hydrogen-bond acceptors (Lipinski definition) is 4. The standard InChI is InChI=1S/C14H20N4O/c1-3-8-18-14(10-16-17-18)13(15)9-11-4-6-12(19-2)7-5-11/h4-7,10,13H,3,8-9,15H2,1-2H3. The highest BCUT2D eigenvalue weighted by Crippen LogP contribution is 2.18. The van der Waals surface area contributed by atoms with Gasteiger partial charge in [0.25, 0.3) is 0 Å². The molecule has 0 spiro atoms. The van der Waals surface area contributed by atoms with Crippen molar-refractivity contribution in [2.45, 2.75) is 32.4 Å². The monoisotopic (exact) mass is 260 g/mol. The van der Waals surface area contributed by atoms with Crippen LogP contribution in [0.25, 0.3) is 0 Å². The van der Waals surface area contributed by atoms with Gasteiger partial charge in [0.2, 0.25) is 0 Å². The summed E-state index contributed by atoms with van der Waals surface area (Å²) in [6, 6.07) is 7.88. The molecule has 19 heavy (non-hydrogen) atoms. The van der Waals surface area contributed by atoms with E-state index < -0.39 is 0 Å². The predicted octanol–water partition coefficient (Wildman–Crippen LogP) is 1.94. The maximum absolute atomic E-state index is 6.24. The average molecular weight is 260 g/mol. The van der Waals surface area contributed by atoms with Crippen LogP contribution in [0, 0.1) is 0 Å². The highest BCUT2D eigenvalue weighted by atomic mass is 16.5. The number of methoxy groups -OCH3 is 1. The first-order valence-electron chi connectivity index (χ1n) is 6.51. The maximum atomic E-state index is 6.24. The summed E-state index contributed by atoms with van der Waals surface area (Å²) >= 11 is 0. The summed E-state index contributed by atoms with van der Waals surface area (Å²) in [5.41, 5.74) is 8.40.